The number of anilines is 1. The van der Waals surface area contributed by atoms with Crippen molar-refractivity contribution in [1.82, 2.24) is 10.3 Å². The van der Waals surface area contributed by atoms with Crippen molar-refractivity contribution in [2.75, 3.05) is 11.9 Å². The number of benzene rings is 2. The van der Waals surface area contributed by atoms with E-state index in [4.69, 9.17) is 5.73 Å². The minimum Gasteiger partial charge on any atom is -0.428 e. The highest BCUT2D eigenvalue weighted by Gasteiger charge is 2.25. The van der Waals surface area contributed by atoms with Crippen molar-refractivity contribution in [1.29, 1.82) is 0 Å². The summed E-state index contributed by atoms with van der Waals surface area (Å²) in [5.41, 5.74) is 8.81. The van der Waals surface area contributed by atoms with E-state index in [1.54, 1.807) is 24.7 Å². The summed E-state index contributed by atoms with van der Waals surface area (Å²) in [6.07, 6.45) is 5.12. The lowest BCUT2D eigenvalue weighted by Crippen LogP contribution is -2.47. The molecule has 1 aliphatic rings. The molecule has 7 nitrogen and oxygen atoms in total. The normalized spacial score (nSPS) is 13.8. The molecule has 0 spiro atoms. The van der Waals surface area contributed by atoms with E-state index in [1.165, 1.54) is 0 Å². The van der Waals surface area contributed by atoms with Crippen molar-refractivity contribution >= 4 is 41.1 Å². The maximum atomic E-state index is 12.8. The number of pyridine rings is 1. The molecule has 2 heterocycles. The van der Waals surface area contributed by atoms with E-state index in [9.17, 15) is 9.82 Å². The Morgan fingerprint density at radius 3 is 2.96 bits per heavy atom. The fourth-order valence-electron chi connectivity index (χ4n) is 3.20. The highest BCUT2D eigenvalue weighted by Crippen LogP contribution is 2.21. The standard InChI is InChI=1S/C19H18BN5O2/c21-9-17(13-1-2-15-11-23-25-20(27)18(15)8-13)19(26)24-16-4-3-14-10-22-6-5-12(14)7-16/h1-8,10-11,17,25,27H,9,21H2,(H,24,26). The third-order valence-corrected chi connectivity index (χ3v) is 4.67. The highest BCUT2D eigenvalue weighted by molar-refractivity contribution is 6.65. The molecule has 2 aromatic carbocycles. The van der Waals surface area contributed by atoms with E-state index in [1.807, 2.05) is 36.4 Å². The van der Waals surface area contributed by atoms with Crippen LogP contribution in [0.15, 0.2) is 60.0 Å². The van der Waals surface area contributed by atoms with E-state index in [2.05, 4.69) is 20.7 Å². The minimum atomic E-state index is -0.902. The Hall–Kier alpha value is -3.23. The number of hydrazone groups is 1. The second-order valence-corrected chi connectivity index (χ2v) is 6.39. The first-order valence-corrected chi connectivity index (χ1v) is 8.61. The molecule has 1 aliphatic heterocycles. The summed E-state index contributed by atoms with van der Waals surface area (Å²) in [4.78, 5) is 16.9. The Morgan fingerprint density at radius 2 is 2.11 bits per heavy atom. The third-order valence-electron chi connectivity index (χ3n) is 4.67. The van der Waals surface area contributed by atoms with Crippen LogP contribution in [-0.2, 0) is 4.79 Å². The van der Waals surface area contributed by atoms with Crippen molar-refractivity contribution in [2.24, 2.45) is 10.8 Å². The molecule has 0 saturated carbocycles. The number of hydrogen-bond acceptors (Lipinski definition) is 6. The van der Waals surface area contributed by atoms with Crippen molar-refractivity contribution in [3.05, 3.63) is 66.0 Å². The van der Waals surface area contributed by atoms with Crippen LogP contribution >= 0.6 is 0 Å². The molecule has 1 unspecified atom stereocenters. The second kappa shape index (κ2) is 7.18. The smallest absolute Gasteiger partial charge is 0.428 e. The molecule has 0 radical (unpaired) electrons. The van der Waals surface area contributed by atoms with E-state index < -0.39 is 13.0 Å². The maximum absolute atomic E-state index is 12.8. The molecule has 8 heteroatoms. The average molecular weight is 359 g/mol. The van der Waals surface area contributed by atoms with Gasteiger partial charge in [-0.2, -0.15) is 5.10 Å². The quantitative estimate of drug-likeness (QED) is 0.508. The molecule has 0 saturated heterocycles. The summed E-state index contributed by atoms with van der Waals surface area (Å²) in [5.74, 6) is -0.729. The number of nitrogens with one attached hydrogen (secondary N) is 2. The molecule has 3 aromatic rings. The van der Waals surface area contributed by atoms with Gasteiger partial charge in [-0.25, -0.2) is 0 Å². The summed E-state index contributed by atoms with van der Waals surface area (Å²) in [6.45, 7) is 0.153. The summed E-state index contributed by atoms with van der Waals surface area (Å²) in [7, 11) is -0.902. The predicted octanol–water partition coefficient (Wildman–Crippen LogP) is 0.540. The largest absolute Gasteiger partial charge is 0.464 e. The van der Waals surface area contributed by atoms with Crippen LogP contribution in [-0.4, -0.2) is 35.7 Å². The monoisotopic (exact) mass is 359 g/mol. The molecular weight excluding hydrogens is 341 g/mol. The second-order valence-electron chi connectivity index (χ2n) is 6.39. The van der Waals surface area contributed by atoms with Crippen molar-refractivity contribution < 1.29 is 9.82 Å². The Bertz CT molecular complexity index is 1040. The Balaban J connectivity index is 1.59. The van der Waals surface area contributed by atoms with Crippen molar-refractivity contribution in [3.63, 3.8) is 0 Å². The summed E-state index contributed by atoms with van der Waals surface area (Å²) in [5, 5.41) is 21.5. The van der Waals surface area contributed by atoms with Gasteiger partial charge in [-0.15, -0.1) is 0 Å². The van der Waals surface area contributed by atoms with Crippen LogP contribution in [0, 0.1) is 0 Å². The van der Waals surface area contributed by atoms with Gasteiger partial charge in [-0.3, -0.25) is 9.78 Å². The topological polar surface area (TPSA) is 113 Å². The molecule has 27 heavy (non-hydrogen) atoms. The number of nitrogens with zero attached hydrogens (tertiary/aromatic N) is 2. The van der Waals surface area contributed by atoms with E-state index in [0.717, 1.165) is 21.9 Å². The van der Waals surface area contributed by atoms with Gasteiger partial charge in [0.2, 0.25) is 5.91 Å². The van der Waals surface area contributed by atoms with Gasteiger partial charge < -0.3 is 21.4 Å². The van der Waals surface area contributed by atoms with Gasteiger partial charge in [0, 0.05) is 30.0 Å². The van der Waals surface area contributed by atoms with Crippen LogP contribution in [0.2, 0.25) is 0 Å². The first-order chi connectivity index (χ1) is 13.2. The van der Waals surface area contributed by atoms with Crippen LogP contribution in [0.4, 0.5) is 5.69 Å². The van der Waals surface area contributed by atoms with Crippen LogP contribution < -0.4 is 21.9 Å². The van der Waals surface area contributed by atoms with E-state index in [-0.39, 0.29) is 12.5 Å². The summed E-state index contributed by atoms with van der Waals surface area (Å²) in [6, 6.07) is 13.0. The fraction of sp³-hybridized carbons (Fsp3) is 0.105. The number of carbonyl (C=O) groups is 1. The Labute approximate surface area is 156 Å². The number of fused-ring (bicyclic) bond motifs is 2. The van der Waals surface area contributed by atoms with Crippen molar-refractivity contribution in [3.8, 4) is 0 Å². The van der Waals surface area contributed by atoms with Gasteiger partial charge in [0.15, 0.2) is 0 Å². The Kier molecular flexibility index (Phi) is 4.58. The van der Waals surface area contributed by atoms with Crippen LogP contribution in [0.25, 0.3) is 10.8 Å². The fourth-order valence-corrected chi connectivity index (χ4v) is 3.20. The third kappa shape index (κ3) is 3.40. The average Bonchev–Trinajstić information content (AvgIpc) is 2.69. The Morgan fingerprint density at radius 1 is 1.22 bits per heavy atom. The van der Waals surface area contributed by atoms with Crippen LogP contribution in [0.5, 0.6) is 0 Å². The molecule has 1 atom stereocenters. The van der Waals surface area contributed by atoms with Crippen molar-refractivity contribution in [2.45, 2.75) is 5.92 Å². The maximum Gasteiger partial charge on any atom is 0.464 e. The first kappa shape index (κ1) is 17.2. The van der Waals surface area contributed by atoms with Crippen LogP contribution in [0.3, 0.4) is 0 Å². The molecular formula is C19H18BN5O2. The lowest BCUT2D eigenvalue weighted by atomic mass is 9.70. The zero-order chi connectivity index (χ0) is 18.8. The van der Waals surface area contributed by atoms with Gasteiger partial charge in [0.05, 0.1) is 12.1 Å². The molecule has 1 amide bonds. The number of carbonyl (C=O) groups excluding carboxylic acids is 1. The zero-order valence-electron chi connectivity index (χ0n) is 14.5. The molecule has 134 valence electrons. The number of nitrogens with two attached hydrogens (primary N) is 1. The molecule has 4 rings (SSSR count). The zero-order valence-corrected chi connectivity index (χ0v) is 14.5. The highest BCUT2D eigenvalue weighted by atomic mass is 16.2. The van der Waals surface area contributed by atoms with E-state index in [0.29, 0.717) is 11.2 Å². The molecule has 1 aromatic heterocycles. The molecule has 0 aliphatic carbocycles. The number of rotatable bonds is 4. The summed E-state index contributed by atoms with van der Waals surface area (Å²) < 4.78 is 0. The summed E-state index contributed by atoms with van der Waals surface area (Å²) >= 11 is 0. The van der Waals surface area contributed by atoms with Gasteiger partial charge in [0.1, 0.15) is 0 Å². The lowest BCUT2D eigenvalue weighted by Gasteiger charge is -2.19. The first-order valence-electron chi connectivity index (χ1n) is 8.61. The number of hydrogen-bond donors (Lipinski definition) is 4. The number of aromatic nitrogens is 1. The molecule has 5 N–H and O–H groups in total. The SMILES string of the molecule is NCC(C(=O)Nc1ccc2cnccc2c1)c1ccc2c(c1)B(O)NN=C2. The molecule has 0 fully saturated rings. The number of amides is 1. The van der Waals surface area contributed by atoms with Gasteiger partial charge in [-0.1, -0.05) is 24.3 Å². The molecule has 0 bridgehead atoms. The van der Waals surface area contributed by atoms with Gasteiger partial charge in [0.25, 0.3) is 0 Å². The minimum absolute atomic E-state index is 0.153. The van der Waals surface area contributed by atoms with Gasteiger partial charge >= 0.3 is 7.05 Å². The van der Waals surface area contributed by atoms with Crippen LogP contribution in [0.1, 0.15) is 17.0 Å². The van der Waals surface area contributed by atoms with Gasteiger partial charge in [-0.05, 0) is 40.2 Å². The van der Waals surface area contributed by atoms with E-state index >= 15 is 0 Å². The lowest BCUT2D eigenvalue weighted by molar-refractivity contribution is -0.117. The predicted molar refractivity (Wildman–Crippen MR) is 107 cm³/mol.